The molecule has 3 heterocycles. The van der Waals surface area contributed by atoms with Crippen LogP contribution in [0.25, 0.3) is 97.4 Å². The van der Waals surface area contributed by atoms with E-state index in [1.807, 2.05) is 17.4 Å². The van der Waals surface area contributed by atoms with Gasteiger partial charge in [-0.3, -0.25) is 0 Å². The van der Waals surface area contributed by atoms with E-state index >= 15 is 0 Å². The fourth-order valence-corrected chi connectivity index (χ4v) is 10.4. The van der Waals surface area contributed by atoms with E-state index < -0.39 is 0 Å². The summed E-state index contributed by atoms with van der Waals surface area (Å²) in [6, 6.07) is 69.2. The molecule has 0 spiro atoms. The van der Waals surface area contributed by atoms with Gasteiger partial charge in [0.25, 0.3) is 0 Å². The first kappa shape index (κ1) is 33.7. The van der Waals surface area contributed by atoms with Crippen molar-refractivity contribution in [3.63, 3.8) is 0 Å². The third kappa shape index (κ3) is 5.27. The van der Waals surface area contributed by atoms with Crippen LogP contribution in [0.1, 0.15) is 5.56 Å². The Hall–Kier alpha value is -7.40. The SMILES string of the molecule is Cc1c2oc3ccccc3c2c(-c2ccccc2)c2oc3cccc(N(c4ccc(-c5ccccc5)cc4)c4ccc(-c5cccc6c5sc5ccccc56)cc4)c3c12. The number of thiophene rings is 1. The second kappa shape index (κ2) is 13.3. The van der Waals surface area contributed by atoms with Crippen LogP contribution in [0, 0.1) is 6.92 Å². The lowest BCUT2D eigenvalue weighted by atomic mass is 9.93. The van der Waals surface area contributed by atoms with Gasteiger partial charge in [-0.1, -0.05) is 146 Å². The van der Waals surface area contributed by atoms with Gasteiger partial charge in [-0.05, 0) is 83.3 Å². The molecule has 0 saturated heterocycles. The van der Waals surface area contributed by atoms with Crippen molar-refractivity contribution < 1.29 is 8.83 Å². The number of hydrogen-bond donors (Lipinski definition) is 0. The van der Waals surface area contributed by atoms with Crippen molar-refractivity contribution in [1.29, 1.82) is 0 Å². The average molecular weight is 774 g/mol. The largest absolute Gasteiger partial charge is 0.456 e. The van der Waals surface area contributed by atoms with Gasteiger partial charge >= 0.3 is 0 Å². The zero-order valence-electron chi connectivity index (χ0n) is 32.1. The highest BCUT2D eigenvalue weighted by atomic mass is 32.1. The number of rotatable bonds is 6. The summed E-state index contributed by atoms with van der Waals surface area (Å²) in [5, 5.41) is 6.87. The smallest absolute Gasteiger partial charge is 0.144 e. The van der Waals surface area contributed by atoms with Gasteiger partial charge in [-0.25, -0.2) is 0 Å². The van der Waals surface area contributed by atoms with E-state index in [1.165, 1.54) is 42.4 Å². The summed E-state index contributed by atoms with van der Waals surface area (Å²) in [5.74, 6) is 0. The highest BCUT2D eigenvalue weighted by molar-refractivity contribution is 7.26. The molecule has 0 N–H and O–H groups in total. The van der Waals surface area contributed by atoms with E-state index in [0.717, 1.165) is 77.6 Å². The van der Waals surface area contributed by atoms with Gasteiger partial charge < -0.3 is 13.7 Å². The second-order valence-corrected chi connectivity index (χ2v) is 16.3. The highest BCUT2D eigenvalue weighted by Gasteiger charge is 2.27. The molecule has 0 fully saturated rings. The molecule has 278 valence electrons. The Balaban J connectivity index is 1.10. The summed E-state index contributed by atoms with van der Waals surface area (Å²) in [4.78, 5) is 2.38. The first-order valence-corrected chi connectivity index (χ1v) is 20.8. The summed E-state index contributed by atoms with van der Waals surface area (Å²) >= 11 is 1.86. The number of fused-ring (bicyclic) bond motifs is 9. The Bertz CT molecular complexity index is 3540. The maximum Gasteiger partial charge on any atom is 0.144 e. The zero-order valence-corrected chi connectivity index (χ0v) is 33.0. The number of para-hydroxylation sites is 1. The second-order valence-electron chi connectivity index (χ2n) is 15.2. The van der Waals surface area contributed by atoms with E-state index in [-0.39, 0.29) is 0 Å². The van der Waals surface area contributed by atoms with Crippen LogP contribution in [0.5, 0.6) is 0 Å². The molecule has 9 aromatic carbocycles. The van der Waals surface area contributed by atoms with Crippen molar-refractivity contribution in [2.75, 3.05) is 4.90 Å². The molecule has 3 nitrogen and oxygen atoms in total. The molecule has 0 unspecified atom stereocenters. The number of hydrogen-bond acceptors (Lipinski definition) is 4. The van der Waals surface area contributed by atoms with Gasteiger partial charge in [-0.2, -0.15) is 0 Å². The third-order valence-corrected chi connectivity index (χ3v) is 13.1. The molecule has 0 radical (unpaired) electrons. The molecule has 12 aromatic rings. The number of nitrogens with zero attached hydrogens (tertiary/aromatic N) is 1. The lowest BCUT2D eigenvalue weighted by molar-refractivity contribution is 0.662. The van der Waals surface area contributed by atoms with E-state index in [4.69, 9.17) is 8.83 Å². The lowest BCUT2D eigenvalue weighted by Gasteiger charge is -2.27. The monoisotopic (exact) mass is 773 g/mol. The summed E-state index contributed by atoms with van der Waals surface area (Å²) in [5.41, 5.74) is 14.6. The quantitative estimate of drug-likeness (QED) is 0.169. The predicted molar refractivity (Wildman–Crippen MR) is 250 cm³/mol. The van der Waals surface area contributed by atoms with Gasteiger partial charge in [0.2, 0.25) is 0 Å². The number of aryl methyl sites for hydroxylation is 1. The van der Waals surface area contributed by atoms with Crippen LogP contribution in [0.2, 0.25) is 0 Å². The molecule has 0 bridgehead atoms. The van der Waals surface area contributed by atoms with Crippen molar-refractivity contribution in [3.05, 3.63) is 200 Å². The molecule has 0 saturated carbocycles. The predicted octanol–water partition coefficient (Wildman–Crippen LogP) is 16.6. The molecule has 0 atom stereocenters. The summed E-state index contributed by atoms with van der Waals surface area (Å²) in [6.45, 7) is 2.18. The van der Waals surface area contributed by atoms with Gasteiger partial charge in [0, 0.05) is 58.8 Å². The fraction of sp³-hybridized carbons (Fsp3) is 0.0182. The topological polar surface area (TPSA) is 29.5 Å². The Labute approximate surface area is 344 Å². The number of benzene rings is 9. The molecule has 4 heteroatoms. The van der Waals surface area contributed by atoms with Crippen LogP contribution in [-0.4, -0.2) is 0 Å². The number of anilines is 3. The van der Waals surface area contributed by atoms with Crippen LogP contribution in [0.4, 0.5) is 17.1 Å². The Kier molecular flexibility index (Phi) is 7.62. The van der Waals surface area contributed by atoms with E-state index in [1.54, 1.807) is 0 Å². The van der Waals surface area contributed by atoms with Crippen LogP contribution in [-0.2, 0) is 0 Å². The van der Waals surface area contributed by atoms with Crippen LogP contribution >= 0.6 is 11.3 Å². The minimum atomic E-state index is 0.828. The maximum absolute atomic E-state index is 7.06. The van der Waals surface area contributed by atoms with Crippen LogP contribution in [0.3, 0.4) is 0 Å². The highest BCUT2D eigenvalue weighted by Crippen LogP contribution is 2.51. The van der Waals surface area contributed by atoms with Crippen molar-refractivity contribution >= 4 is 92.4 Å². The van der Waals surface area contributed by atoms with Gasteiger partial charge in [-0.15, -0.1) is 11.3 Å². The summed E-state index contributed by atoms with van der Waals surface area (Å²) in [7, 11) is 0. The normalized spacial score (nSPS) is 11.8. The Morgan fingerprint density at radius 3 is 1.75 bits per heavy atom. The van der Waals surface area contributed by atoms with Gasteiger partial charge in [0.05, 0.1) is 11.1 Å². The minimum Gasteiger partial charge on any atom is -0.456 e. The van der Waals surface area contributed by atoms with Crippen molar-refractivity contribution in [2.45, 2.75) is 6.92 Å². The Morgan fingerprint density at radius 1 is 0.407 bits per heavy atom. The average Bonchev–Trinajstić information content (AvgIpc) is 4.01. The Morgan fingerprint density at radius 2 is 0.983 bits per heavy atom. The first-order valence-electron chi connectivity index (χ1n) is 20.0. The molecule has 0 aliphatic rings. The molecular weight excluding hydrogens is 739 g/mol. The van der Waals surface area contributed by atoms with E-state index in [0.29, 0.717) is 0 Å². The molecule has 3 aromatic heterocycles. The lowest BCUT2D eigenvalue weighted by Crippen LogP contribution is -2.10. The van der Waals surface area contributed by atoms with Crippen LogP contribution < -0.4 is 4.90 Å². The van der Waals surface area contributed by atoms with E-state index in [2.05, 4.69) is 200 Å². The fourth-order valence-electron chi connectivity index (χ4n) is 9.14. The number of furan rings is 2. The molecular formula is C55H35NO2S. The van der Waals surface area contributed by atoms with Crippen LogP contribution in [0.15, 0.2) is 203 Å². The van der Waals surface area contributed by atoms with Crippen molar-refractivity contribution in [3.8, 4) is 33.4 Å². The third-order valence-electron chi connectivity index (χ3n) is 11.9. The zero-order chi connectivity index (χ0) is 39.0. The first-order chi connectivity index (χ1) is 29.2. The summed E-state index contributed by atoms with van der Waals surface area (Å²) < 4.78 is 16.4. The van der Waals surface area contributed by atoms with Crippen molar-refractivity contribution in [2.24, 2.45) is 0 Å². The van der Waals surface area contributed by atoms with Gasteiger partial charge in [0.15, 0.2) is 0 Å². The standard InChI is InChI=1S/C55H35NO2S/c1-34-49-52-45(22-13-24-47(52)58-54(49)50(38-16-6-3-7-17-38)51-44-19-8-10-23-46(44)57-53(34)51)56(39-30-26-36(27-31-39)35-14-4-2-5-15-35)40-32-28-37(29-33-40)41-20-12-21-43-42-18-9-11-25-48(42)59-55(41)43/h2-33H,1H3. The maximum atomic E-state index is 7.06. The van der Waals surface area contributed by atoms with Gasteiger partial charge in [0.1, 0.15) is 22.3 Å². The molecule has 0 amide bonds. The van der Waals surface area contributed by atoms with Crippen molar-refractivity contribution in [1.82, 2.24) is 0 Å². The molecule has 12 rings (SSSR count). The molecule has 0 aliphatic heterocycles. The molecule has 0 aliphatic carbocycles. The van der Waals surface area contributed by atoms with E-state index in [9.17, 15) is 0 Å². The summed E-state index contributed by atoms with van der Waals surface area (Å²) in [6.07, 6.45) is 0. The molecule has 59 heavy (non-hydrogen) atoms. The minimum absolute atomic E-state index is 0.828.